The van der Waals surface area contributed by atoms with Crippen molar-refractivity contribution in [3.05, 3.63) is 0 Å². The molecule has 0 aromatic carbocycles. The zero-order valence-corrected chi connectivity index (χ0v) is 17.8. The number of hydrogen-bond donors (Lipinski definition) is 2. The molecule has 0 bridgehead atoms. The van der Waals surface area contributed by atoms with Crippen molar-refractivity contribution >= 4 is 18.3 Å². The van der Waals surface area contributed by atoms with Crippen LogP contribution < -0.4 is 0 Å². The number of aliphatic hydroxyl groups excluding tert-OH is 1. The van der Waals surface area contributed by atoms with Crippen LogP contribution in [-0.2, 0) is 16.3 Å². The van der Waals surface area contributed by atoms with Crippen molar-refractivity contribution < 1.29 is 14.5 Å². The number of unbranched alkanes of at least 4 members (excludes halogenated alkanes) is 13. The third-order valence-corrected chi connectivity index (χ3v) is 7.92. The van der Waals surface area contributed by atoms with E-state index in [1.165, 1.54) is 77.0 Å². The fourth-order valence-corrected chi connectivity index (χ4v) is 3.59. The van der Waals surface area contributed by atoms with Gasteiger partial charge in [-0.3, -0.25) is 0 Å². The lowest BCUT2D eigenvalue weighted by atomic mass is 10.0. The molecule has 0 fully saturated rings. The van der Waals surface area contributed by atoms with Gasteiger partial charge in [0.05, 0.1) is 6.61 Å². The van der Waals surface area contributed by atoms with Gasteiger partial charge >= 0.3 is 0 Å². The highest BCUT2D eigenvalue weighted by Gasteiger charge is 2.17. The van der Waals surface area contributed by atoms with Crippen LogP contribution >= 0.6 is 6.49 Å². The van der Waals surface area contributed by atoms with Crippen LogP contribution in [0, 0.1) is 0 Å². The molecule has 146 valence electrons. The second kappa shape index (κ2) is 17.0. The van der Waals surface area contributed by atoms with Crippen molar-refractivity contribution in [3.8, 4) is 0 Å². The van der Waals surface area contributed by atoms with Crippen LogP contribution in [0.5, 0.6) is 0 Å². The monoisotopic (exact) mass is 380 g/mol. The van der Waals surface area contributed by atoms with Gasteiger partial charge in [-0.15, -0.1) is 0 Å². The highest BCUT2D eigenvalue weighted by Crippen LogP contribution is 2.47. The van der Waals surface area contributed by atoms with E-state index in [-0.39, 0.29) is 5.66 Å². The summed E-state index contributed by atoms with van der Waals surface area (Å²) in [5, 5.41) is 8.70. The molecule has 0 aliphatic carbocycles. The Morgan fingerprint density at radius 1 is 0.708 bits per heavy atom. The first-order chi connectivity index (χ1) is 11.5. The summed E-state index contributed by atoms with van der Waals surface area (Å²) in [5.41, 5.74) is 0.0630. The molecule has 0 aliphatic rings. The molecule has 0 rings (SSSR count). The van der Waals surface area contributed by atoms with Crippen LogP contribution in [0.2, 0.25) is 0 Å². The van der Waals surface area contributed by atoms with Gasteiger partial charge in [0, 0.05) is 12.3 Å². The summed E-state index contributed by atoms with van der Waals surface area (Å²) in [5.74, 6) is 0. The molecule has 1 atom stereocenters. The molecular formula is C19H41O3PS. The van der Waals surface area contributed by atoms with Crippen LogP contribution in [0.1, 0.15) is 104 Å². The molecule has 0 saturated heterocycles. The fraction of sp³-hybridized carbons (Fsp3) is 1.00. The van der Waals surface area contributed by atoms with E-state index in [1.54, 1.807) is 0 Å². The van der Waals surface area contributed by atoms with Crippen molar-refractivity contribution in [1.29, 1.82) is 0 Å². The molecule has 3 nitrogen and oxygen atoms in total. The van der Waals surface area contributed by atoms with Crippen LogP contribution in [-0.4, -0.2) is 28.9 Å². The summed E-state index contributed by atoms with van der Waals surface area (Å²) in [6.45, 7) is 2.29. The van der Waals surface area contributed by atoms with E-state index in [0.717, 1.165) is 12.8 Å². The van der Waals surface area contributed by atoms with Gasteiger partial charge in [0.1, 0.15) is 0 Å². The third kappa shape index (κ3) is 16.0. The Labute approximate surface area is 155 Å². The first-order valence-electron chi connectivity index (χ1n) is 10.1. The standard InChI is InChI=1S/C19H41O3PS/c1-19(2)23(21,24)22-18-16-14-12-10-8-6-4-3-5-7-9-11-13-15-17-20/h19-20H,3-18H2,1-2H3,(H,21,24). The zero-order valence-electron chi connectivity index (χ0n) is 16.0. The number of aliphatic hydroxyl groups is 1. The molecule has 24 heavy (non-hydrogen) atoms. The van der Waals surface area contributed by atoms with Crippen molar-refractivity contribution in [2.45, 2.75) is 109 Å². The van der Waals surface area contributed by atoms with Gasteiger partial charge in [-0.25, -0.2) is 0 Å². The largest absolute Gasteiger partial charge is 0.396 e. The zero-order chi connectivity index (χ0) is 18.1. The lowest BCUT2D eigenvalue weighted by molar-refractivity contribution is 0.282. The van der Waals surface area contributed by atoms with E-state index in [9.17, 15) is 4.89 Å². The molecule has 0 saturated carbocycles. The highest BCUT2D eigenvalue weighted by atomic mass is 32.5. The molecule has 0 radical (unpaired) electrons. The minimum atomic E-state index is -2.53. The van der Waals surface area contributed by atoms with E-state index < -0.39 is 6.49 Å². The van der Waals surface area contributed by atoms with Crippen LogP contribution in [0.15, 0.2) is 0 Å². The van der Waals surface area contributed by atoms with E-state index in [1.807, 2.05) is 13.8 Å². The molecule has 5 heteroatoms. The van der Waals surface area contributed by atoms with E-state index in [2.05, 4.69) is 0 Å². The Kier molecular flexibility index (Phi) is 17.3. The van der Waals surface area contributed by atoms with Crippen molar-refractivity contribution in [2.75, 3.05) is 13.2 Å². The molecule has 0 spiro atoms. The first-order valence-corrected chi connectivity index (χ1v) is 12.8. The number of hydrogen-bond acceptors (Lipinski definition) is 3. The molecular weight excluding hydrogens is 339 g/mol. The Morgan fingerprint density at radius 3 is 1.38 bits per heavy atom. The van der Waals surface area contributed by atoms with Gasteiger partial charge < -0.3 is 14.5 Å². The Morgan fingerprint density at radius 2 is 1.04 bits per heavy atom. The fourth-order valence-electron chi connectivity index (χ4n) is 2.68. The second-order valence-electron chi connectivity index (χ2n) is 7.16. The van der Waals surface area contributed by atoms with Gasteiger partial charge in [-0.1, -0.05) is 90.9 Å². The van der Waals surface area contributed by atoms with Gasteiger partial charge in [-0.05, 0) is 24.6 Å². The highest BCUT2D eigenvalue weighted by molar-refractivity contribution is 8.09. The van der Waals surface area contributed by atoms with Crippen LogP contribution in [0.4, 0.5) is 0 Å². The van der Waals surface area contributed by atoms with E-state index in [0.29, 0.717) is 13.2 Å². The molecule has 0 aliphatic heterocycles. The average Bonchev–Trinajstić information content (AvgIpc) is 2.54. The summed E-state index contributed by atoms with van der Waals surface area (Å²) in [4.78, 5) is 9.90. The smallest absolute Gasteiger partial charge is 0.188 e. The first kappa shape index (κ1) is 24.5. The normalized spacial score (nSPS) is 14.2. The molecule has 0 heterocycles. The maximum atomic E-state index is 9.90. The van der Waals surface area contributed by atoms with Crippen LogP contribution in [0.25, 0.3) is 0 Å². The number of rotatable bonds is 18. The summed E-state index contributed by atoms with van der Waals surface area (Å²) in [6, 6.07) is 0. The van der Waals surface area contributed by atoms with E-state index in [4.69, 9.17) is 21.4 Å². The lowest BCUT2D eigenvalue weighted by Gasteiger charge is -2.19. The molecule has 0 aromatic rings. The van der Waals surface area contributed by atoms with Crippen molar-refractivity contribution in [1.82, 2.24) is 0 Å². The van der Waals surface area contributed by atoms with E-state index >= 15 is 0 Å². The van der Waals surface area contributed by atoms with Gasteiger partial charge in [-0.2, -0.15) is 0 Å². The topological polar surface area (TPSA) is 49.7 Å². The minimum Gasteiger partial charge on any atom is -0.396 e. The molecule has 1 unspecified atom stereocenters. The summed E-state index contributed by atoms with van der Waals surface area (Å²) in [6.07, 6.45) is 17.8. The maximum Gasteiger partial charge on any atom is 0.188 e. The summed E-state index contributed by atoms with van der Waals surface area (Å²) < 4.78 is 5.47. The Hall–Kier alpha value is 0.530. The SMILES string of the molecule is CC(C)P(O)(=S)OCCCCCCCCCCCCCCCCO. The van der Waals surface area contributed by atoms with Crippen molar-refractivity contribution in [3.63, 3.8) is 0 Å². The van der Waals surface area contributed by atoms with Gasteiger partial charge in [0.25, 0.3) is 0 Å². The Balaban J connectivity index is 3.14. The predicted octanol–water partition coefficient (Wildman–Crippen LogP) is 6.17. The van der Waals surface area contributed by atoms with Gasteiger partial charge in [0.2, 0.25) is 0 Å². The average molecular weight is 381 g/mol. The van der Waals surface area contributed by atoms with Crippen LogP contribution in [0.3, 0.4) is 0 Å². The Bertz CT molecular complexity index is 311. The predicted molar refractivity (Wildman–Crippen MR) is 109 cm³/mol. The molecule has 2 N–H and O–H groups in total. The maximum absolute atomic E-state index is 9.90. The van der Waals surface area contributed by atoms with Crippen molar-refractivity contribution in [2.24, 2.45) is 0 Å². The summed E-state index contributed by atoms with van der Waals surface area (Å²) >= 11 is 5.11. The summed E-state index contributed by atoms with van der Waals surface area (Å²) in [7, 11) is 0. The lowest BCUT2D eigenvalue weighted by Crippen LogP contribution is -2.02. The van der Waals surface area contributed by atoms with Gasteiger partial charge in [0.15, 0.2) is 6.49 Å². The second-order valence-corrected chi connectivity index (χ2v) is 11.2. The molecule has 0 amide bonds. The quantitative estimate of drug-likeness (QED) is 0.221. The minimum absolute atomic E-state index is 0.0630. The third-order valence-electron chi connectivity index (χ3n) is 4.48. The molecule has 0 aromatic heterocycles.